The van der Waals surface area contributed by atoms with Crippen molar-refractivity contribution in [3.8, 4) is 5.75 Å². The van der Waals surface area contributed by atoms with E-state index in [0.717, 1.165) is 24.4 Å². The number of rotatable bonds is 3. The predicted octanol–water partition coefficient (Wildman–Crippen LogP) is 3.40. The molecule has 3 nitrogen and oxygen atoms in total. The van der Waals surface area contributed by atoms with Crippen LogP contribution in [0.3, 0.4) is 0 Å². The molecule has 0 aromatic heterocycles. The SMILES string of the molecule is COc1ccc(N2CCC(C)(C=C(C)C)C2=O)cc1. The molecule has 0 radical (unpaired) electrons. The van der Waals surface area contributed by atoms with Gasteiger partial charge >= 0.3 is 0 Å². The summed E-state index contributed by atoms with van der Waals surface area (Å²) in [7, 11) is 1.64. The van der Waals surface area contributed by atoms with Gasteiger partial charge in [-0.05, 0) is 51.5 Å². The van der Waals surface area contributed by atoms with Gasteiger partial charge in [0.1, 0.15) is 5.75 Å². The number of hydrogen-bond acceptors (Lipinski definition) is 2. The second kappa shape index (κ2) is 5.08. The molecule has 0 aliphatic carbocycles. The van der Waals surface area contributed by atoms with Gasteiger partial charge in [0.25, 0.3) is 0 Å². The van der Waals surface area contributed by atoms with Crippen LogP contribution in [0.15, 0.2) is 35.9 Å². The maximum absolute atomic E-state index is 12.6. The van der Waals surface area contributed by atoms with Gasteiger partial charge in [-0.2, -0.15) is 0 Å². The minimum Gasteiger partial charge on any atom is -0.497 e. The molecule has 1 heterocycles. The summed E-state index contributed by atoms with van der Waals surface area (Å²) in [5.74, 6) is 0.987. The Kier molecular flexibility index (Phi) is 3.65. The molecule has 1 aliphatic rings. The van der Waals surface area contributed by atoms with Crippen molar-refractivity contribution in [3.05, 3.63) is 35.9 Å². The summed E-state index contributed by atoms with van der Waals surface area (Å²) in [6.45, 7) is 6.86. The second-order valence-electron chi connectivity index (χ2n) is 5.54. The average Bonchev–Trinajstić information content (AvgIpc) is 2.65. The molecule has 19 heavy (non-hydrogen) atoms. The van der Waals surface area contributed by atoms with Gasteiger partial charge in [0.15, 0.2) is 0 Å². The molecule has 1 aliphatic heterocycles. The van der Waals surface area contributed by atoms with Crippen LogP contribution in [0.1, 0.15) is 27.2 Å². The van der Waals surface area contributed by atoms with Gasteiger partial charge in [-0.15, -0.1) is 0 Å². The predicted molar refractivity (Wildman–Crippen MR) is 77.5 cm³/mol. The number of amides is 1. The maximum atomic E-state index is 12.6. The minimum absolute atomic E-state index is 0.180. The summed E-state index contributed by atoms with van der Waals surface area (Å²) in [5.41, 5.74) is 1.77. The molecule has 1 aromatic carbocycles. The van der Waals surface area contributed by atoms with Crippen LogP contribution in [0.4, 0.5) is 5.69 Å². The molecule has 0 N–H and O–H groups in total. The molecule has 1 saturated heterocycles. The lowest BCUT2D eigenvalue weighted by Crippen LogP contribution is -2.31. The van der Waals surface area contributed by atoms with Crippen LogP contribution in [0, 0.1) is 5.41 Å². The van der Waals surface area contributed by atoms with Crippen molar-refractivity contribution in [2.24, 2.45) is 5.41 Å². The van der Waals surface area contributed by atoms with E-state index in [1.165, 1.54) is 5.57 Å². The van der Waals surface area contributed by atoms with E-state index in [9.17, 15) is 4.79 Å². The van der Waals surface area contributed by atoms with E-state index in [-0.39, 0.29) is 11.3 Å². The molecule has 1 aromatic rings. The second-order valence-corrected chi connectivity index (χ2v) is 5.54. The number of nitrogens with zero attached hydrogens (tertiary/aromatic N) is 1. The van der Waals surface area contributed by atoms with Crippen LogP contribution in [0.25, 0.3) is 0 Å². The quantitative estimate of drug-likeness (QED) is 0.779. The highest BCUT2D eigenvalue weighted by Gasteiger charge is 2.41. The molecule has 102 valence electrons. The standard InChI is InChI=1S/C16H21NO2/c1-12(2)11-16(3)9-10-17(15(16)18)13-5-7-14(19-4)8-6-13/h5-8,11H,9-10H2,1-4H3. The molecule has 2 rings (SSSR count). The zero-order chi connectivity index (χ0) is 14.0. The average molecular weight is 259 g/mol. The summed E-state index contributed by atoms with van der Waals surface area (Å²) < 4.78 is 5.14. The van der Waals surface area contributed by atoms with E-state index in [1.807, 2.05) is 49.9 Å². The van der Waals surface area contributed by atoms with Gasteiger partial charge < -0.3 is 9.64 Å². The molecule has 1 unspecified atom stereocenters. The van der Waals surface area contributed by atoms with Crippen LogP contribution in [-0.4, -0.2) is 19.6 Å². The topological polar surface area (TPSA) is 29.5 Å². The Bertz CT molecular complexity index is 500. The van der Waals surface area contributed by atoms with Gasteiger partial charge in [-0.25, -0.2) is 0 Å². The fraction of sp³-hybridized carbons (Fsp3) is 0.438. The van der Waals surface area contributed by atoms with E-state index in [1.54, 1.807) is 7.11 Å². The lowest BCUT2D eigenvalue weighted by molar-refractivity contribution is -0.122. The molecular weight excluding hydrogens is 238 g/mol. The molecule has 3 heteroatoms. The van der Waals surface area contributed by atoms with Gasteiger partial charge in [-0.3, -0.25) is 4.79 Å². The molecule has 0 bridgehead atoms. The molecule has 0 saturated carbocycles. The summed E-state index contributed by atoms with van der Waals surface area (Å²) in [5, 5.41) is 0. The highest BCUT2D eigenvalue weighted by Crippen LogP contribution is 2.37. The number of hydrogen-bond donors (Lipinski definition) is 0. The molecule has 0 spiro atoms. The Labute approximate surface area is 114 Å². The first kappa shape index (κ1) is 13.7. The summed E-state index contributed by atoms with van der Waals surface area (Å²) in [6, 6.07) is 7.65. The molecule has 1 fully saturated rings. The maximum Gasteiger partial charge on any atom is 0.236 e. The van der Waals surface area contributed by atoms with E-state index >= 15 is 0 Å². The molecule has 1 atom stereocenters. The summed E-state index contributed by atoms with van der Waals surface area (Å²) >= 11 is 0. The number of ether oxygens (including phenoxy) is 1. The third-order valence-corrected chi connectivity index (χ3v) is 3.58. The third kappa shape index (κ3) is 2.65. The van der Waals surface area contributed by atoms with Crippen molar-refractivity contribution in [2.75, 3.05) is 18.6 Å². The Hall–Kier alpha value is -1.77. The number of anilines is 1. The molecule has 1 amide bonds. The number of carbonyl (C=O) groups is 1. The summed E-state index contributed by atoms with van der Waals surface area (Å²) in [4.78, 5) is 14.4. The normalized spacial score (nSPS) is 22.5. The van der Waals surface area contributed by atoms with E-state index < -0.39 is 0 Å². The Morgan fingerprint density at radius 3 is 2.47 bits per heavy atom. The van der Waals surface area contributed by atoms with Crippen molar-refractivity contribution in [1.82, 2.24) is 0 Å². The highest BCUT2D eigenvalue weighted by molar-refractivity contribution is 6.00. The lowest BCUT2D eigenvalue weighted by atomic mass is 9.87. The summed E-state index contributed by atoms with van der Waals surface area (Å²) in [6.07, 6.45) is 2.95. The lowest BCUT2D eigenvalue weighted by Gasteiger charge is -2.21. The number of carbonyl (C=O) groups excluding carboxylic acids is 1. The zero-order valence-corrected chi connectivity index (χ0v) is 12.1. The van der Waals surface area contributed by atoms with Gasteiger partial charge in [0.2, 0.25) is 5.91 Å². The first-order chi connectivity index (χ1) is 8.96. The Morgan fingerprint density at radius 2 is 1.95 bits per heavy atom. The molecular formula is C16H21NO2. The monoisotopic (exact) mass is 259 g/mol. The third-order valence-electron chi connectivity index (χ3n) is 3.58. The zero-order valence-electron chi connectivity index (χ0n) is 12.1. The van der Waals surface area contributed by atoms with Crippen LogP contribution < -0.4 is 9.64 Å². The number of methoxy groups -OCH3 is 1. The minimum atomic E-state index is -0.362. The fourth-order valence-corrected chi connectivity index (χ4v) is 2.64. The van der Waals surface area contributed by atoms with E-state index in [4.69, 9.17) is 4.74 Å². The van der Waals surface area contributed by atoms with Crippen LogP contribution in [0.5, 0.6) is 5.75 Å². The largest absolute Gasteiger partial charge is 0.497 e. The van der Waals surface area contributed by atoms with Crippen molar-refractivity contribution in [1.29, 1.82) is 0 Å². The Balaban J connectivity index is 2.24. The highest BCUT2D eigenvalue weighted by atomic mass is 16.5. The van der Waals surface area contributed by atoms with Crippen LogP contribution >= 0.6 is 0 Å². The Morgan fingerprint density at radius 1 is 1.32 bits per heavy atom. The van der Waals surface area contributed by atoms with Crippen molar-refractivity contribution >= 4 is 11.6 Å². The van der Waals surface area contributed by atoms with E-state index in [2.05, 4.69) is 6.08 Å². The smallest absolute Gasteiger partial charge is 0.236 e. The van der Waals surface area contributed by atoms with Crippen LogP contribution in [0.2, 0.25) is 0 Å². The number of benzene rings is 1. The first-order valence-corrected chi connectivity index (χ1v) is 6.58. The van der Waals surface area contributed by atoms with E-state index in [0.29, 0.717) is 0 Å². The first-order valence-electron chi connectivity index (χ1n) is 6.58. The van der Waals surface area contributed by atoms with Crippen molar-refractivity contribution < 1.29 is 9.53 Å². The number of allylic oxidation sites excluding steroid dienone is 1. The van der Waals surface area contributed by atoms with Crippen LogP contribution in [-0.2, 0) is 4.79 Å². The fourth-order valence-electron chi connectivity index (χ4n) is 2.64. The van der Waals surface area contributed by atoms with Gasteiger partial charge in [0, 0.05) is 12.2 Å². The van der Waals surface area contributed by atoms with Crippen molar-refractivity contribution in [3.63, 3.8) is 0 Å². The van der Waals surface area contributed by atoms with Gasteiger partial charge in [0.05, 0.1) is 12.5 Å². The van der Waals surface area contributed by atoms with Crippen molar-refractivity contribution in [2.45, 2.75) is 27.2 Å². The van der Waals surface area contributed by atoms with Gasteiger partial charge in [-0.1, -0.05) is 11.6 Å².